The Morgan fingerprint density at radius 2 is 1.87 bits per heavy atom. The number of rotatable bonds is 8. The molecule has 1 aromatic carbocycles. The van der Waals surface area contributed by atoms with Crippen molar-refractivity contribution in [3.8, 4) is 0 Å². The predicted molar refractivity (Wildman–Crippen MR) is 95.2 cm³/mol. The minimum atomic E-state index is -0.481. The molecule has 0 saturated carbocycles. The Labute approximate surface area is 140 Å². The number of amides is 1. The maximum Gasteiger partial charge on any atom is 0.237 e. The van der Waals surface area contributed by atoms with E-state index in [0.717, 1.165) is 31.6 Å². The summed E-state index contributed by atoms with van der Waals surface area (Å²) in [5, 5.41) is 3.19. The number of carbonyl (C=O) groups excluding carboxylic acids is 1. The van der Waals surface area contributed by atoms with Crippen LogP contribution < -0.4 is 11.1 Å². The van der Waals surface area contributed by atoms with E-state index in [9.17, 15) is 4.79 Å². The summed E-state index contributed by atoms with van der Waals surface area (Å²) in [7, 11) is 0. The minimum absolute atomic E-state index is 0.0290. The second-order valence-corrected chi connectivity index (χ2v) is 7.14. The van der Waals surface area contributed by atoms with Crippen molar-refractivity contribution in [3.63, 3.8) is 0 Å². The summed E-state index contributed by atoms with van der Waals surface area (Å²) in [5.41, 5.74) is 7.22. The fourth-order valence-electron chi connectivity index (χ4n) is 3.29. The molecule has 0 radical (unpaired) electrons. The average molecular weight is 317 g/mol. The number of likely N-dealkylation sites (tertiary alicyclic amines) is 1. The van der Waals surface area contributed by atoms with E-state index in [1.54, 1.807) is 0 Å². The molecule has 4 nitrogen and oxygen atoms in total. The smallest absolute Gasteiger partial charge is 0.237 e. The molecule has 0 spiro atoms. The van der Waals surface area contributed by atoms with Gasteiger partial charge in [0.2, 0.25) is 5.91 Å². The third-order valence-corrected chi connectivity index (χ3v) is 4.41. The van der Waals surface area contributed by atoms with Gasteiger partial charge in [0.1, 0.15) is 0 Å². The van der Waals surface area contributed by atoms with Crippen LogP contribution in [0.3, 0.4) is 0 Å². The molecule has 1 aliphatic heterocycles. The lowest BCUT2D eigenvalue weighted by atomic mass is 10.0. The molecule has 1 amide bonds. The normalized spacial score (nSPS) is 18.1. The Hall–Kier alpha value is -1.39. The maximum atomic E-state index is 12.5. The highest BCUT2D eigenvalue weighted by Crippen LogP contribution is 2.12. The van der Waals surface area contributed by atoms with E-state index in [-0.39, 0.29) is 11.9 Å². The van der Waals surface area contributed by atoms with E-state index in [4.69, 9.17) is 5.73 Å². The number of nitrogens with two attached hydrogens (primary N) is 1. The number of carbonyl (C=O) groups is 1. The predicted octanol–water partition coefficient (Wildman–Crippen LogP) is 2.18. The lowest BCUT2D eigenvalue weighted by molar-refractivity contribution is -0.123. The molecule has 1 aromatic rings. The Kier molecular flexibility index (Phi) is 7.06. The van der Waals surface area contributed by atoms with Crippen LogP contribution in [0.15, 0.2) is 30.3 Å². The summed E-state index contributed by atoms with van der Waals surface area (Å²) in [6, 6.07) is 9.69. The van der Waals surface area contributed by atoms with Gasteiger partial charge in [0, 0.05) is 12.6 Å². The second kappa shape index (κ2) is 9.04. The van der Waals surface area contributed by atoms with Crippen LogP contribution in [0.5, 0.6) is 0 Å². The minimum Gasteiger partial charge on any atom is -0.351 e. The second-order valence-electron chi connectivity index (χ2n) is 7.14. The monoisotopic (exact) mass is 317 g/mol. The summed E-state index contributed by atoms with van der Waals surface area (Å²) in [6.07, 6.45) is 4.14. The first kappa shape index (κ1) is 18.0. The van der Waals surface area contributed by atoms with Crippen LogP contribution in [-0.4, -0.2) is 42.5 Å². The SMILES string of the molecule is CC(C)C[C@@H](CN1CCCC1)NC(=O)[C@@H](N)Cc1ccccc1. The van der Waals surface area contributed by atoms with E-state index in [0.29, 0.717) is 12.3 Å². The lowest BCUT2D eigenvalue weighted by Gasteiger charge is -2.27. The lowest BCUT2D eigenvalue weighted by Crippen LogP contribution is -2.50. The summed E-state index contributed by atoms with van der Waals surface area (Å²) >= 11 is 0. The highest BCUT2D eigenvalue weighted by Gasteiger charge is 2.22. The van der Waals surface area contributed by atoms with Crippen LogP contribution in [0.1, 0.15) is 38.7 Å². The van der Waals surface area contributed by atoms with E-state index < -0.39 is 6.04 Å². The molecule has 1 heterocycles. The first-order valence-corrected chi connectivity index (χ1v) is 8.87. The first-order chi connectivity index (χ1) is 11.0. The highest BCUT2D eigenvalue weighted by molar-refractivity contribution is 5.82. The molecule has 1 aliphatic rings. The summed E-state index contributed by atoms with van der Waals surface area (Å²) in [5.74, 6) is 0.534. The maximum absolute atomic E-state index is 12.5. The van der Waals surface area contributed by atoms with Gasteiger partial charge in [-0.1, -0.05) is 44.2 Å². The van der Waals surface area contributed by atoms with Crippen molar-refractivity contribution in [3.05, 3.63) is 35.9 Å². The number of hydrogen-bond acceptors (Lipinski definition) is 3. The zero-order valence-corrected chi connectivity index (χ0v) is 14.5. The number of nitrogens with one attached hydrogen (secondary N) is 1. The molecule has 0 unspecified atom stereocenters. The van der Waals surface area contributed by atoms with Crippen LogP contribution in [-0.2, 0) is 11.2 Å². The van der Waals surface area contributed by atoms with Gasteiger partial charge in [0.15, 0.2) is 0 Å². The van der Waals surface area contributed by atoms with Crippen LogP contribution in [0.25, 0.3) is 0 Å². The quantitative estimate of drug-likeness (QED) is 0.773. The van der Waals surface area contributed by atoms with Gasteiger partial charge in [-0.2, -0.15) is 0 Å². The van der Waals surface area contributed by atoms with Crippen molar-refractivity contribution in [1.82, 2.24) is 10.2 Å². The van der Waals surface area contributed by atoms with Crippen LogP contribution in [0.4, 0.5) is 0 Å². The molecule has 0 aliphatic carbocycles. The topological polar surface area (TPSA) is 58.4 Å². The van der Waals surface area contributed by atoms with Crippen LogP contribution in [0, 0.1) is 5.92 Å². The first-order valence-electron chi connectivity index (χ1n) is 8.87. The highest BCUT2D eigenvalue weighted by atomic mass is 16.2. The number of benzene rings is 1. The van der Waals surface area contributed by atoms with Gasteiger partial charge >= 0.3 is 0 Å². The van der Waals surface area contributed by atoms with Crippen molar-refractivity contribution in [1.29, 1.82) is 0 Å². The summed E-state index contributed by atoms with van der Waals surface area (Å²) in [6.45, 7) is 7.66. The Morgan fingerprint density at radius 3 is 2.48 bits per heavy atom. The van der Waals surface area contributed by atoms with Gasteiger partial charge in [-0.05, 0) is 50.3 Å². The van der Waals surface area contributed by atoms with Gasteiger partial charge in [-0.15, -0.1) is 0 Å². The van der Waals surface area contributed by atoms with Gasteiger partial charge in [0.05, 0.1) is 6.04 Å². The zero-order valence-electron chi connectivity index (χ0n) is 14.5. The molecular formula is C19H31N3O. The Balaban J connectivity index is 1.87. The van der Waals surface area contributed by atoms with Crippen LogP contribution in [0.2, 0.25) is 0 Å². The Morgan fingerprint density at radius 1 is 1.22 bits per heavy atom. The van der Waals surface area contributed by atoms with Crippen molar-refractivity contribution < 1.29 is 4.79 Å². The fraction of sp³-hybridized carbons (Fsp3) is 0.632. The largest absolute Gasteiger partial charge is 0.351 e. The average Bonchev–Trinajstić information content (AvgIpc) is 3.00. The van der Waals surface area contributed by atoms with Gasteiger partial charge in [0.25, 0.3) is 0 Å². The molecule has 1 fully saturated rings. The zero-order chi connectivity index (χ0) is 16.7. The molecule has 2 atom stereocenters. The third-order valence-electron chi connectivity index (χ3n) is 4.41. The summed E-state index contributed by atoms with van der Waals surface area (Å²) in [4.78, 5) is 14.9. The van der Waals surface area contributed by atoms with E-state index in [1.165, 1.54) is 12.8 Å². The molecule has 2 rings (SSSR count). The fourth-order valence-corrected chi connectivity index (χ4v) is 3.29. The van der Waals surface area contributed by atoms with E-state index >= 15 is 0 Å². The molecule has 0 bridgehead atoms. The van der Waals surface area contributed by atoms with E-state index in [1.807, 2.05) is 30.3 Å². The van der Waals surface area contributed by atoms with Crippen molar-refractivity contribution in [2.75, 3.05) is 19.6 Å². The van der Waals surface area contributed by atoms with Gasteiger partial charge in [-0.3, -0.25) is 4.79 Å². The van der Waals surface area contributed by atoms with Crippen LogP contribution >= 0.6 is 0 Å². The van der Waals surface area contributed by atoms with E-state index in [2.05, 4.69) is 24.1 Å². The molecule has 128 valence electrons. The standard InChI is InChI=1S/C19H31N3O/c1-15(2)12-17(14-22-10-6-7-11-22)21-19(23)18(20)13-16-8-4-3-5-9-16/h3-5,8-9,15,17-18H,6-7,10-14,20H2,1-2H3,(H,21,23)/t17-,18-/m0/s1. The van der Waals surface area contributed by atoms with Gasteiger partial charge < -0.3 is 16.0 Å². The Bertz CT molecular complexity index is 469. The van der Waals surface area contributed by atoms with Crippen molar-refractivity contribution in [2.24, 2.45) is 11.7 Å². The van der Waals surface area contributed by atoms with Gasteiger partial charge in [-0.25, -0.2) is 0 Å². The molecule has 0 aromatic heterocycles. The number of nitrogens with zero attached hydrogens (tertiary/aromatic N) is 1. The molecule has 23 heavy (non-hydrogen) atoms. The molecular weight excluding hydrogens is 286 g/mol. The van der Waals surface area contributed by atoms with Crippen molar-refractivity contribution >= 4 is 5.91 Å². The molecule has 1 saturated heterocycles. The summed E-state index contributed by atoms with van der Waals surface area (Å²) < 4.78 is 0. The number of hydrogen-bond donors (Lipinski definition) is 2. The molecule has 3 N–H and O–H groups in total. The third kappa shape index (κ3) is 6.32. The molecule has 4 heteroatoms. The van der Waals surface area contributed by atoms with Crippen molar-refractivity contribution in [2.45, 2.75) is 51.6 Å².